The van der Waals surface area contributed by atoms with Crippen molar-refractivity contribution >= 4 is 11.7 Å². The monoisotopic (exact) mass is 324 g/mol. The average Bonchev–Trinajstić information content (AvgIpc) is 3.16. The van der Waals surface area contributed by atoms with E-state index in [1.807, 2.05) is 35.4 Å². The first-order valence-corrected chi connectivity index (χ1v) is 8.00. The van der Waals surface area contributed by atoms with Gasteiger partial charge in [-0.15, -0.1) is 0 Å². The van der Waals surface area contributed by atoms with E-state index in [2.05, 4.69) is 14.5 Å². The molecule has 3 heterocycles. The lowest BCUT2D eigenvalue weighted by Crippen LogP contribution is -2.45. The van der Waals surface area contributed by atoms with Crippen molar-refractivity contribution in [3.63, 3.8) is 0 Å². The fourth-order valence-corrected chi connectivity index (χ4v) is 2.97. The molecule has 0 bridgehead atoms. The van der Waals surface area contributed by atoms with E-state index in [1.165, 1.54) is 6.20 Å². The minimum atomic E-state index is 0.0912. The molecule has 1 atom stereocenters. The van der Waals surface area contributed by atoms with Gasteiger partial charge in [-0.25, -0.2) is 9.97 Å². The Labute approximate surface area is 141 Å². The van der Waals surface area contributed by atoms with Crippen LogP contribution in [0.2, 0.25) is 0 Å². The van der Waals surface area contributed by atoms with Crippen LogP contribution in [-0.4, -0.2) is 52.0 Å². The maximum atomic E-state index is 12.6. The number of aromatic nitrogens is 3. The Kier molecular flexibility index (Phi) is 4.75. The van der Waals surface area contributed by atoms with Crippen LogP contribution in [0.3, 0.4) is 0 Å². The van der Waals surface area contributed by atoms with Gasteiger partial charge in [0.2, 0.25) is 5.91 Å². The molecule has 1 fully saturated rings. The van der Waals surface area contributed by atoms with Gasteiger partial charge >= 0.3 is 0 Å². The summed E-state index contributed by atoms with van der Waals surface area (Å²) in [6.07, 6.45) is 9.11. The van der Waals surface area contributed by atoms with Crippen LogP contribution in [0, 0.1) is 11.3 Å². The zero-order valence-corrected chi connectivity index (χ0v) is 13.7. The molecule has 1 aliphatic heterocycles. The number of likely N-dealkylation sites (N-methyl/N-ethyl adjacent to an activating group) is 1. The van der Waals surface area contributed by atoms with E-state index in [4.69, 9.17) is 5.26 Å². The summed E-state index contributed by atoms with van der Waals surface area (Å²) in [6.45, 7) is 1.78. The number of carbonyl (C=O) groups is 1. The van der Waals surface area contributed by atoms with Gasteiger partial charge < -0.3 is 14.4 Å². The lowest BCUT2D eigenvalue weighted by atomic mass is 10.1. The summed E-state index contributed by atoms with van der Waals surface area (Å²) in [5.41, 5.74) is 0.512. The second kappa shape index (κ2) is 7.13. The summed E-state index contributed by atoms with van der Waals surface area (Å²) in [7, 11) is 1.84. The number of imidazole rings is 1. The van der Waals surface area contributed by atoms with E-state index in [0.717, 1.165) is 19.4 Å². The summed E-state index contributed by atoms with van der Waals surface area (Å²) in [6, 6.07) is 5.80. The van der Waals surface area contributed by atoms with Crippen LogP contribution in [0.25, 0.3) is 0 Å². The lowest BCUT2D eigenvalue weighted by molar-refractivity contribution is -0.131. The Balaban J connectivity index is 1.60. The number of anilines is 1. The van der Waals surface area contributed by atoms with E-state index in [9.17, 15) is 4.79 Å². The van der Waals surface area contributed by atoms with Gasteiger partial charge in [0.1, 0.15) is 11.9 Å². The quantitative estimate of drug-likeness (QED) is 0.850. The number of piperidine rings is 1. The highest BCUT2D eigenvalue weighted by Crippen LogP contribution is 2.21. The van der Waals surface area contributed by atoms with Crippen LogP contribution >= 0.6 is 0 Å². The first kappa shape index (κ1) is 16.0. The minimum absolute atomic E-state index is 0.0912. The number of carbonyl (C=O) groups excluding carboxylic acids is 1. The second-order valence-corrected chi connectivity index (χ2v) is 6.02. The van der Waals surface area contributed by atoms with Gasteiger partial charge in [-0.2, -0.15) is 5.26 Å². The molecule has 3 rings (SSSR count). The van der Waals surface area contributed by atoms with Crippen molar-refractivity contribution in [1.82, 2.24) is 19.4 Å². The summed E-state index contributed by atoms with van der Waals surface area (Å²) in [5.74, 6) is 0.777. The Morgan fingerprint density at radius 3 is 3.04 bits per heavy atom. The third-order valence-corrected chi connectivity index (χ3v) is 4.34. The molecule has 124 valence electrons. The fourth-order valence-electron chi connectivity index (χ4n) is 2.97. The smallest absolute Gasteiger partial charge is 0.242 e. The van der Waals surface area contributed by atoms with E-state index in [-0.39, 0.29) is 12.5 Å². The van der Waals surface area contributed by atoms with Crippen LogP contribution < -0.4 is 4.90 Å². The molecule has 0 saturated carbocycles. The number of rotatable bonds is 4. The molecule has 0 N–H and O–H groups in total. The molecular formula is C17H20N6O. The molecule has 7 heteroatoms. The Morgan fingerprint density at radius 2 is 2.38 bits per heavy atom. The number of likely N-dealkylation sites (tertiary alicyclic amines) is 1. The van der Waals surface area contributed by atoms with Crippen molar-refractivity contribution in [3.8, 4) is 6.07 Å². The molecule has 1 aliphatic rings. The molecule has 1 amide bonds. The zero-order chi connectivity index (χ0) is 16.9. The highest BCUT2D eigenvalue weighted by molar-refractivity contribution is 5.81. The van der Waals surface area contributed by atoms with Crippen LogP contribution in [0.4, 0.5) is 5.82 Å². The van der Waals surface area contributed by atoms with Crippen molar-refractivity contribution in [3.05, 3.63) is 42.6 Å². The summed E-state index contributed by atoms with van der Waals surface area (Å²) >= 11 is 0. The number of hydrogen-bond acceptors (Lipinski definition) is 5. The summed E-state index contributed by atoms with van der Waals surface area (Å²) in [5, 5.41) is 8.82. The van der Waals surface area contributed by atoms with Crippen molar-refractivity contribution in [2.75, 3.05) is 31.6 Å². The highest BCUT2D eigenvalue weighted by atomic mass is 16.2. The Morgan fingerprint density at radius 1 is 1.50 bits per heavy atom. The number of nitriles is 1. The Hall–Kier alpha value is -2.88. The predicted octanol–water partition coefficient (Wildman–Crippen LogP) is 1.45. The molecule has 0 radical (unpaired) electrons. The maximum Gasteiger partial charge on any atom is 0.242 e. The van der Waals surface area contributed by atoms with Crippen LogP contribution in [0.15, 0.2) is 37.1 Å². The predicted molar refractivity (Wildman–Crippen MR) is 89.3 cm³/mol. The number of pyridine rings is 1. The standard InChI is InChI=1S/C17H20N6O/c1-21(16-5-4-14(9-18)10-20-16)12-17(24)22-7-2-3-15(11-22)23-8-6-19-13-23/h4-6,8,10,13,15H,2-3,7,11-12H2,1H3/t15-/m1/s1. The van der Waals surface area contributed by atoms with Crippen LogP contribution in [0.5, 0.6) is 0 Å². The summed E-state index contributed by atoms with van der Waals surface area (Å²) in [4.78, 5) is 24.6. The third-order valence-electron chi connectivity index (χ3n) is 4.34. The highest BCUT2D eigenvalue weighted by Gasteiger charge is 2.25. The van der Waals surface area contributed by atoms with E-state index in [1.54, 1.807) is 18.3 Å². The third kappa shape index (κ3) is 3.54. The average molecular weight is 324 g/mol. The van der Waals surface area contributed by atoms with Crippen LogP contribution in [-0.2, 0) is 4.79 Å². The Bertz CT molecular complexity index is 719. The number of amides is 1. The van der Waals surface area contributed by atoms with Gasteiger partial charge in [0.15, 0.2) is 0 Å². The minimum Gasteiger partial charge on any atom is -0.350 e. The normalized spacial score (nSPS) is 17.3. The number of hydrogen-bond donors (Lipinski definition) is 0. The van der Waals surface area contributed by atoms with Gasteiger partial charge in [-0.3, -0.25) is 4.79 Å². The number of nitrogens with zero attached hydrogens (tertiary/aromatic N) is 6. The largest absolute Gasteiger partial charge is 0.350 e. The first-order chi connectivity index (χ1) is 11.7. The zero-order valence-electron chi connectivity index (χ0n) is 13.7. The first-order valence-electron chi connectivity index (χ1n) is 8.00. The topological polar surface area (TPSA) is 78.0 Å². The maximum absolute atomic E-state index is 12.6. The van der Waals surface area contributed by atoms with E-state index < -0.39 is 0 Å². The molecule has 2 aromatic rings. The van der Waals surface area contributed by atoms with Gasteiger partial charge in [0.25, 0.3) is 0 Å². The molecule has 2 aromatic heterocycles. The molecule has 24 heavy (non-hydrogen) atoms. The van der Waals surface area contributed by atoms with Crippen molar-refractivity contribution in [1.29, 1.82) is 5.26 Å². The van der Waals surface area contributed by atoms with Crippen molar-refractivity contribution in [2.45, 2.75) is 18.9 Å². The molecule has 0 unspecified atom stereocenters. The second-order valence-electron chi connectivity index (χ2n) is 6.02. The van der Waals surface area contributed by atoms with Gasteiger partial charge in [0, 0.05) is 38.7 Å². The molecule has 1 saturated heterocycles. The molecule has 0 aromatic carbocycles. The molecule has 0 aliphatic carbocycles. The van der Waals surface area contributed by atoms with E-state index in [0.29, 0.717) is 24.0 Å². The van der Waals surface area contributed by atoms with Crippen molar-refractivity contribution < 1.29 is 4.79 Å². The van der Waals surface area contributed by atoms with Gasteiger partial charge in [-0.1, -0.05) is 0 Å². The van der Waals surface area contributed by atoms with Crippen molar-refractivity contribution in [2.24, 2.45) is 0 Å². The molecule has 7 nitrogen and oxygen atoms in total. The van der Waals surface area contributed by atoms with Gasteiger partial charge in [-0.05, 0) is 25.0 Å². The van der Waals surface area contributed by atoms with Gasteiger partial charge in [0.05, 0.1) is 24.5 Å². The van der Waals surface area contributed by atoms with Crippen LogP contribution in [0.1, 0.15) is 24.4 Å². The fraction of sp³-hybridized carbons (Fsp3) is 0.412. The molecular weight excluding hydrogens is 304 g/mol. The van der Waals surface area contributed by atoms with E-state index >= 15 is 0 Å². The molecule has 0 spiro atoms. The lowest BCUT2D eigenvalue weighted by Gasteiger charge is -2.34. The summed E-state index contributed by atoms with van der Waals surface area (Å²) < 4.78 is 2.07. The SMILES string of the molecule is CN(CC(=O)N1CCC[C@@H](n2ccnc2)C1)c1ccc(C#N)cn1.